The minimum absolute atomic E-state index is 0.00489. The number of esters is 2. The summed E-state index contributed by atoms with van der Waals surface area (Å²) in [6, 6.07) is 20.3. The molecule has 2 aromatic heterocycles. The van der Waals surface area contributed by atoms with Crippen LogP contribution in [0.25, 0.3) is 16.9 Å². The number of nitrogens with one attached hydrogen (secondary N) is 1. The van der Waals surface area contributed by atoms with E-state index in [0.29, 0.717) is 29.4 Å². The van der Waals surface area contributed by atoms with Crippen molar-refractivity contribution in [1.82, 2.24) is 9.38 Å². The van der Waals surface area contributed by atoms with E-state index in [9.17, 15) is 9.59 Å². The number of rotatable bonds is 7. The molecule has 2 heterocycles. The van der Waals surface area contributed by atoms with Crippen molar-refractivity contribution in [3.63, 3.8) is 0 Å². The zero-order chi connectivity index (χ0) is 23.4. The normalized spacial score (nSPS) is 10.8. The first-order valence-electron chi connectivity index (χ1n) is 10.7. The average molecular weight is 444 g/mol. The van der Waals surface area contributed by atoms with Crippen molar-refractivity contribution >= 4 is 23.4 Å². The van der Waals surface area contributed by atoms with Crippen molar-refractivity contribution in [3.05, 3.63) is 83.6 Å². The molecule has 0 radical (unpaired) electrons. The van der Waals surface area contributed by atoms with Gasteiger partial charge in [0.2, 0.25) is 0 Å². The lowest BCUT2D eigenvalue weighted by molar-refractivity contribution is -0.140. The molecule has 0 atom stereocenters. The first kappa shape index (κ1) is 22.1. The molecule has 33 heavy (non-hydrogen) atoms. The highest BCUT2D eigenvalue weighted by atomic mass is 16.5. The maximum atomic E-state index is 12.7. The molecular weight excluding hydrogens is 418 g/mol. The highest BCUT2D eigenvalue weighted by Crippen LogP contribution is 2.32. The number of carbonyl (C=O) groups excluding carboxylic acids is 2. The van der Waals surface area contributed by atoms with Crippen LogP contribution in [-0.2, 0) is 9.53 Å². The summed E-state index contributed by atoms with van der Waals surface area (Å²) in [5, 5.41) is 3.17. The van der Waals surface area contributed by atoms with Gasteiger partial charge in [0.25, 0.3) is 0 Å². The fourth-order valence-corrected chi connectivity index (χ4v) is 3.66. The molecule has 168 valence electrons. The Morgan fingerprint density at radius 2 is 1.79 bits per heavy atom. The van der Waals surface area contributed by atoms with Crippen molar-refractivity contribution in [1.29, 1.82) is 0 Å². The Hall–Kier alpha value is -4.13. The van der Waals surface area contributed by atoms with Crippen LogP contribution in [0.1, 0.15) is 28.5 Å². The van der Waals surface area contributed by atoms with Gasteiger partial charge < -0.3 is 14.8 Å². The number of carbonyl (C=O) groups is 2. The molecule has 2 aromatic carbocycles. The van der Waals surface area contributed by atoms with Crippen LogP contribution < -0.4 is 10.1 Å². The van der Waals surface area contributed by atoms with Crippen LogP contribution in [0.4, 0.5) is 5.82 Å². The number of hydrogen-bond acceptors (Lipinski definition) is 6. The van der Waals surface area contributed by atoms with E-state index < -0.39 is 5.97 Å². The Morgan fingerprint density at radius 1 is 1.00 bits per heavy atom. The molecule has 4 aromatic rings. The molecule has 0 aliphatic heterocycles. The minimum atomic E-state index is -0.420. The molecule has 0 spiro atoms. The third kappa shape index (κ3) is 4.72. The molecule has 0 amide bonds. The maximum absolute atomic E-state index is 12.7. The van der Waals surface area contributed by atoms with E-state index in [1.807, 2.05) is 60.7 Å². The van der Waals surface area contributed by atoms with Gasteiger partial charge in [-0.15, -0.1) is 0 Å². The molecule has 4 rings (SSSR count). The summed E-state index contributed by atoms with van der Waals surface area (Å²) in [6.07, 6.45) is 0. The Balaban J connectivity index is 1.69. The zero-order valence-electron chi connectivity index (χ0n) is 18.8. The maximum Gasteiger partial charge on any atom is 0.343 e. The van der Waals surface area contributed by atoms with E-state index >= 15 is 0 Å². The summed E-state index contributed by atoms with van der Waals surface area (Å²) in [5.41, 5.74) is 4.45. The van der Waals surface area contributed by atoms with Gasteiger partial charge in [-0.2, -0.15) is 0 Å². The molecular formula is C26H25N3O4. The van der Waals surface area contributed by atoms with Crippen molar-refractivity contribution in [2.75, 3.05) is 18.5 Å². The predicted molar refractivity (Wildman–Crippen MR) is 127 cm³/mol. The minimum Gasteiger partial charge on any atom is -0.465 e. The fourth-order valence-electron chi connectivity index (χ4n) is 3.66. The van der Waals surface area contributed by atoms with Gasteiger partial charge in [0.15, 0.2) is 0 Å². The van der Waals surface area contributed by atoms with Crippen LogP contribution in [-0.4, -0.2) is 34.5 Å². The molecule has 7 heteroatoms. The van der Waals surface area contributed by atoms with Crippen LogP contribution >= 0.6 is 0 Å². The molecule has 7 nitrogen and oxygen atoms in total. The fraction of sp³-hybridized carbons (Fsp3) is 0.192. The van der Waals surface area contributed by atoms with Crippen molar-refractivity contribution in [2.24, 2.45) is 0 Å². The second-order valence-corrected chi connectivity index (χ2v) is 7.56. The summed E-state index contributed by atoms with van der Waals surface area (Å²) in [7, 11) is 0. The van der Waals surface area contributed by atoms with Crippen molar-refractivity contribution < 1.29 is 19.1 Å². The summed E-state index contributed by atoms with van der Waals surface area (Å²) in [4.78, 5) is 29.4. The largest absolute Gasteiger partial charge is 0.465 e. The van der Waals surface area contributed by atoms with Gasteiger partial charge in [-0.25, -0.2) is 9.78 Å². The molecule has 0 saturated heterocycles. The van der Waals surface area contributed by atoms with Gasteiger partial charge in [0.05, 0.1) is 12.2 Å². The number of hydrogen-bond donors (Lipinski definition) is 1. The summed E-state index contributed by atoms with van der Waals surface area (Å²) >= 11 is 0. The third-order valence-corrected chi connectivity index (χ3v) is 5.23. The van der Waals surface area contributed by atoms with Crippen LogP contribution in [0.5, 0.6) is 5.75 Å². The molecule has 0 aliphatic carbocycles. The van der Waals surface area contributed by atoms with E-state index in [0.717, 1.165) is 22.5 Å². The Labute approximate surface area is 192 Å². The van der Waals surface area contributed by atoms with E-state index in [4.69, 9.17) is 14.5 Å². The highest BCUT2D eigenvalue weighted by Gasteiger charge is 2.18. The Kier molecular flexibility index (Phi) is 6.40. The monoisotopic (exact) mass is 443 g/mol. The second-order valence-electron chi connectivity index (χ2n) is 7.56. The van der Waals surface area contributed by atoms with Gasteiger partial charge in [-0.1, -0.05) is 36.4 Å². The Morgan fingerprint density at radius 3 is 2.58 bits per heavy atom. The smallest absolute Gasteiger partial charge is 0.343 e. The van der Waals surface area contributed by atoms with Gasteiger partial charge >= 0.3 is 11.9 Å². The van der Waals surface area contributed by atoms with Gasteiger partial charge in [-0.05, 0) is 56.7 Å². The molecule has 0 unspecified atom stereocenters. The second kappa shape index (κ2) is 9.56. The highest BCUT2D eigenvalue weighted by molar-refractivity contribution is 5.92. The van der Waals surface area contributed by atoms with E-state index in [1.54, 1.807) is 31.2 Å². The number of aryl methyl sites for hydroxylation is 2. The molecule has 0 saturated carbocycles. The van der Waals surface area contributed by atoms with Crippen LogP contribution in [0.15, 0.2) is 66.7 Å². The van der Waals surface area contributed by atoms with Gasteiger partial charge in [-0.3, -0.25) is 9.20 Å². The zero-order valence-corrected chi connectivity index (χ0v) is 18.8. The summed E-state index contributed by atoms with van der Waals surface area (Å²) in [5.74, 6) is 0.300. The summed E-state index contributed by atoms with van der Waals surface area (Å²) in [6.45, 7) is 5.92. The SMILES string of the molecule is CCOC(=O)CNc1c(-c2cccc(OC(=O)c3ccccc3C)c2)nc2cccc(C)n12. The standard InChI is InChI=1S/C26H25N3O4/c1-4-32-23(30)16-27-25-24(28-22-14-7-10-18(3)29(22)25)19-11-8-12-20(15-19)33-26(31)21-13-6-5-9-17(21)2/h5-15,27H,4,16H2,1-3H3. The van der Waals surface area contributed by atoms with Gasteiger partial charge in [0, 0.05) is 11.3 Å². The van der Waals surface area contributed by atoms with Gasteiger partial charge in [0.1, 0.15) is 29.5 Å². The summed E-state index contributed by atoms with van der Waals surface area (Å²) < 4.78 is 12.6. The van der Waals surface area contributed by atoms with Crippen LogP contribution in [0, 0.1) is 13.8 Å². The topological polar surface area (TPSA) is 81.9 Å². The van der Waals surface area contributed by atoms with E-state index in [1.165, 1.54) is 0 Å². The first-order chi connectivity index (χ1) is 16.0. The first-order valence-corrected chi connectivity index (χ1v) is 10.7. The average Bonchev–Trinajstić information content (AvgIpc) is 3.18. The van der Waals surface area contributed by atoms with E-state index in [-0.39, 0.29) is 12.5 Å². The lowest BCUT2D eigenvalue weighted by Crippen LogP contribution is -2.18. The number of benzene rings is 2. The number of nitrogens with zero attached hydrogens (tertiary/aromatic N) is 2. The Bertz CT molecular complexity index is 1330. The van der Waals surface area contributed by atoms with Crippen LogP contribution in [0.2, 0.25) is 0 Å². The number of anilines is 1. The predicted octanol–water partition coefficient (Wildman–Crippen LogP) is 4.81. The molecule has 0 aliphatic rings. The number of ether oxygens (including phenoxy) is 2. The van der Waals surface area contributed by atoms with Crippen molar-refractivity contribution in [3.8, 4) is 17.0 Å². The van der Waals surface area contributed by atoms with Crippen LogP contribution in [0.3, 0.4) is 0 Å². The lowest BCUT2D eigenvalue weighted by atomic mass is 10.1. The lowest BCUT2D eigenvalue weighted by Gasteiger charge is -2.11. The molecule has 0 bridgehead atoms. The number of imidazole rings is 1. The number of fused-ring (bicyclic) bond motifs is 1. The van der Waals surface area contributed by atoms with E-state index in [2.05, 4.69) is 5.32 Å². The number of aromatic nitrogens is 2. The van der Waals surface area contributed by atoms with Crippen molar-refractivity contribution in [2.45, 2.75) is 20.8 Å². The molecule has 0 fully saturated rings. The quantitative estimate of drug-likeness (QED) is 0.326. The number of pyridine rings is 1. The third-order valence-electron chi connectivity index (χ3n) is 5.23. The molecule has 1 N–H and O–H groups in total.